The number of amides is 3. The van der Waals surface area contributed by atoms with Crippen LogP contribution >= 0.6 is 0 Å². The maximum absolute atomic E-state index is 13.0. The summed E-state index contributed by atoms with van der Waals surface area (Å²) in [4.78, 5) is 72.7. The third-order valence-electron chi connectivity index (χ3n) is 5.39. The van der Waals surface area contributed by atoms with Crippen molar-refractivity contribution in [3.05, 3.63) is 0 Å². The second-order valence-electron chi connectivity index (χ2n) is 8.07. The number of nitrogens with one attached hydrogen (secondary N) is 2. The molecule has 1 aliphatic rings. The lowest BCUT2D eigenvalue weighted by Gasteiger charge is -2.28. The number of aliphatic carboxylic acids is 3. The van der Waals surface area contributed by atoms with Crippen LogP contribution in [-0.4, -0.2) is 93.1 Å². The zero-order valence-electron chi connectivity index (χ0n) is 18.8. The molecule has 1 aliphatic heterocycles. The highest BCUT2D eigenvalue weighted by Gasteiger charge is 2.38. The quantitative estimate of drug-likeness (QED) is 0.122. The predicted molar refractivity (Wildman–Crippen MR) is 116 cm³/mol. The minimum atomic E-state index is -1.41. The Morgan fingerprint density at radius 2 is 1.56 bits per heavy atom. The van der Waals surface area contributed by atoms with Gasteiger partial charge in [-0.1, -0.05) is 0 Å². The summed E-state index contributed by atoms with van der Waals surface area (Å²) in [6, 6.07) is -5.00. The maximum Gasteiger partial charge on any atom is 0.326 e. The molecule has 14 heteroatoms. The first-order chi connectivity index (χ1) is 16.0. The summed E-state index contributed by atoms with van der Waals surface area (Å²) in [6.45, 7) is 0.474. The summed E-state index contributed by atoms with van der Waals surface area (Å²) < 4.78 is 0. The molecule has 0 saturated carbocycles. The van der Waals surface area contributed by atoms with Crippen molar-refractivity contribution < 1.29 is 44.1 Å². The Morgan fingerprint density at radius 1 is 0.912 bits per heavy atom. The Labute approximate surface area is 196 Å². The number of nitrogens with two attached hydrogens (primary N) is 2. The van der Waals surface area contributed by atoms with Crippen LogP contribution in [0.1, 0.15) is 51.4 Å². The SMILES string of the molecule is NCCCCC(NC(=O)C(N)CC(=O)O)C(=O)NC(CCC(=O)O)C(=O)N1CCCC1C(=O)O. The Kier molecular flexibility index (Phi) is 11.9. The fourth-order valence-corrected chi connectivity index (χ4v) is 3.61. The molecule has 34 heavy (non-hydrogen) atoms. The van der Waals surface area contributed by atoms with E-state index in [2.05, 4.69) is 10.6 Å². The number of rotatable bonds is 15. The van der Waals surface area contributed by atoms with E-state index in [1.807, 2.05) is 0 Å². The molecular formula is C20H33N5O9. The van der Waals surface area contributed by atoms with Crippen LogP contribution < -0.4 is 22.1 Å². The predicted octanol–water partition coefficient (Wildman–Crippen LogP) is -2.17. The fourth-order valence-electron chi connectivity index (χ4n) is 3.61. The van der Waals surface area contributed by atoms with Crippen molar-refractivity contribution in [1.29, 1.82) is 0 Å². The van der Waals surface area contributed by atoms with Crippen LogP contribution in [-0.2, 0) is 28.8 Å². The van der Waals surface area contributed by atoms with E-state index in [0.717, 1.165) is 4.90 Å². The molecule has 14 nitrogen and oxygen atoms in total. The molecule has 0 aromatic rings. The Balaban J connectivity index is 3.01. The Bertz CT molecular complexity index is 776. The van der Waals surface area contributed by atoms with Crippen LogP contribution in [0.15, 0.2) is 0 Å². The van der Waals surface area contributed by atoms with Crippen molar-refractivity contribution >= 4 is 35.6 Å². The first-order valence-corrected chi connectivity index (χ1v) is 11.0. The number of carbonyl (C=O) groups is 6. The highest BCUT2D eigenvalue weighted by molar-refractivity contribution is 5.95. The minimum Gasteiger partial charge on any atom is -0.481 e. The van der Waals surface area contributed by atoms with E-state index in [4.69, 9.17) is 21.7 Å². The summed E-state index contributed by atoms with van der Waals surface area (Å²) >= 11 is 0. The van der Waals surface area contributed by atoms with Crippen molar-refractivity contribution in [3.63, 3.8) is 0 Å². The van der Waals surface area contributed by atoms with Crippen LogP contribution in [0, 0.1) is 0 Å². The Morgan fingerprint density at radius 3 is 2.12 bits per heavy atom. The zero-order chi connectivity index (χ0) is 25.8. The van der Waals surface area contributed by atoms with Crippen LogP contribution in [0.3, 0.4) is 0 Å². The third-order valence-corrected chi connectivity index (χ3v) is 5.39. The Hall–Kier alpha value is -3.26. The minimum absolute atomic E-state index is 0.107. The van der Waals surface area contributed by atoms with Crippen molar-refractivity contribution in [3.8, 4) is 0 Å². The van der Waals surface area contributed by atoms with Crippen molar-refractivity contribution in [2.24, 2.45) is 11.5 Å². The molecule has 0 aromatic heterocycles. The van der Waals surface area contributed by atoms with Crippen molar-refractivity contribution in [1.82, 2.24) is 15.5 Å². The van der Waals surface area contributed by atoms with Crippen LogP contribution in [0.4, 0.5) is 0 Å². The molecule has 0 aliphatic carbocycles. The number of carboxylic acid groups (broad SMARTS) is 3. The van der Waals surface area contributed by atoms with Crippen molar-refractivity contribution in [2.45, 2.75) is 75.5 Å². The van der Waals surface area contributed by atoms with Crippen LogP contribution in [0.25, 0.3) is 0 Å². The molecule has 4 unspecified atom stereocenters. The van der Waals surface area contributed by atoms with Gasteiger partial charge < -0.3 is 42.3 Å². The van der Waals surface area contributed by atoms with Gasteiger partial charge in [0.2, 0.25) is 17.7 Å². The van der Waals surface area contributed by atoms with E-state index in [1.165, 1.54) is 0 Å². The van der Waals surface area contributed by atoms with Crippen molar-refractivity contribution in [2.75, 3.05) is 13.1 Å². The van der Waals surface area contributed by atoms with Gasteiger partial charge in [-0.05, 0) is 45.1 Å². The zero-order valence-corrected chi connectivity index (χ0v) is 18.8. The number of hydrogen-bond acceptors (Lipinski definition) is 8. The number of nitrogens with zero attached hydrogens (tertiary/aromatic N) is 1. The van der Waals surface area contributed by atoms with Gasteiger partial charge in [0.25, 0.3) is 0 Å². The molecule has 1 heterocycles. The lowest BCUT2D eigenvalue weighted by atomic mass is 10.0. The lowest BCUT2D eigenvalue weighted by molar-refractivity contribution is -0.150. The van der Waals surface area contributed by atoms with Gasteiger partial charge in [0.05, 0.1) is 12.5 Å². The number of carbonyl (C=O) groups excluding carboxylic acids is 3. The average Bonchev–Trinajstić information content (AvgIpc) is 3.25. The number of hydrogen-bond donors (Lipinski definition) is 7. The fraction of sp³-hybridized carbons (Fsp3) is 0.700. The number of carboxylic acids is 3. The van der Waals surface area contributed by atoms with Gasteiger partial charge in [-0.25, -0.2) is 4.79 Å². The third kappa shape index (κ3) is 9.31. The van der Waals surface area contributed by atoms with Gasteiger partial charge in [-0.3, -0.25) is 24.0 Å². The topological polar surface area (TPSA) is 242 Å². The molecule has 1 saturated heterocycles. The number of likely N-dealkylation sites (tertiary alicyclic amines) is 1. The average molecular weight is 488 g/mol. The molecular weight excluding hydrogens is 454 g/mol. The molecule has 0 aromatic carbocycles. The highest BCUT2D eigenvalue weighted by atomic mass is 16.4. The van der Waals surface area contributed by atoms with Gasteiger partial charge in [-0.2, -0.15) is 0 Å². The van der Waals surface area contributed by atoms with E-state index in [0.29, 0.717) is 25.8 Å². The summed E-state index contributed by atoms with van der Waals surface area (Å²) in [7, 11) is 0. The normalized spacial score (nSPS) is 17.9. The van der Waals surface area contributed by atoms with Crippen LogP contribution in [0.2, 0.25) is 0 Å². The standard InChI is InChI=1S/C20H33N5O9/c21-8-2-1-4-12(23-17(30)11(22)10-16(28)29)18(31)24-13(6-7-15(26)27)19(32)25-9-3-5-14(25)20(33)34/h11-14H,1-10,21-22H2,(H,23,30)(H,24,31)(H,26,27)(H,28,29)(H,33,34). The van der Waals surface area contributed by atoms with E-state index in [-0.39, 0.29) is 25.8 Å². The van der Waals surface area contributed by atoms with E-state index < -0.39 is 72.6 Å². The maximum atomic E-state index is 13.0. The van der Waals surface area contributed by atoms with E-state index in [1.54, 1.807) is 0 Å². The van der Waals surface area contributed by atoms with Gasteiger partial charge in [-0.15, -0.1) is 0 Å². The lowest BCUT2D eigenvalue weighted by Crippen LogP contribution is -2.57. The second-order valence-corrected chi connectivity index (χ2v) is 8.07. The molecule has 4 atom stereocenters. The van der Waals surface area contributed by atoms with Gasteiger partial charge in [0.15, 0.2) is 0 Å². The van der Waals surface area contributed by atoms with Gasteiger partial charge >= 0.3 is 17.9 Å². The molecule has 192 valence electrons. The first kappa shape index (κ1) is 28.8. The largest absolute Gasteiger partial charge is 0.481 e. The molecule has 0 bridgehead atoms. The summed E-state index contributed by atoms with van der Waals surface area (Å²) in [6.07, 6.45) is 0.326. The highest BCUT2D eigenvalue weighted by Crippen LogP contribution is 2.20. The first-order valence-electron chi connectivity index (χ1n) is 11.0. The molecule has 9 N–H and O–H groups in total. The molecule has 1 rings (SSSR count). The summed E-state index contributed by atoms with van der Waals surface area (Å²) in [5.41, 5.74) is 11.0. The second kappa shape index (κ2) is 14.1. The van der Waals surface area contributed by atoms with E-state index >= 15 is 0 Å². The molecule has 1 fully saturated rings. The monoisotopic (exact) mass is 487 g/mol. The summed E-state index contributed by atoms with van der Waals surface area (Å²) in [5.74, 6) is -6.13. The molecule has 0 radical (unpaired) electrons. The molecule has 0 spiro atoms. The van der Waals surface area contributed by atoms with Gasteiger partial charge in [0.1, 0.15) is 18.1 Å². The van der Waals surface area contributed by atoms with Gasteiger partial charge in [0, 0.05) is 13.0 Å². The van der Waals surface area contributed by atoms with E-state index in [9.17, 15) is 33.9 Å². The summed E-state index contributed by atoms with van der Waals surface area (Å²) in [5, 5.41) is 32.0. The molecule has 3 amide bonds. The van der Waals surface area contributed by atoms with Crippen LogP contribution in [0.5, 0.6) is 0 Å². The smallest absolute Gasteiger partial charge is 0.326 e. The number of unbranched alkanes of at least 4 members (excludes halogenated alkanes) is 1.